The van der Waals surface area contributed by atoms with Gasteiger partial charge in [-0.2, -0.15) is 5.26 Å². The largest absolute Gasteiger partial charge is 0.461 e. The minimum atomic E-state index is -0.739. The molecule has 11 nitrogen and oxygen atoms in total. The van der Waals surface area contributed by atoms with Gasteiger partial charge in [0.1, 0.15) is 12.4 Å². The van der Waals surface area contributed by atoms with Crippen LogP contribution in [0.2, 0.25) is 0 Å². The molecule has 2 unspecified atom stereocenters. The molecule has 0 aromatic heterocycles. The number of nitro groups is 1. The summed E-state index contributed by atoms with van der Waals surface area (Å²) in [4.78, 5) is 43.5. The Balaban J connectivity index is 2.55. The molecule has 33 heavy (non-hydrogen) atoms. The average Bonchev–Trinajstić information content (AvgIpc) is 2.78. The fraction of sp³-hybridized carbons (Fsp3) is 0.455. The molecule has 0 saturated carbocycles. The van der Waals surface area contributed by atoms with Gasteiger partial charge in [0.25, 0.3) is 5.69 Å². The van der Waals surface area contributed by atoms with Crippen LogP contribution < -0.4 is 0 Å². The number of azide groups is 1. The summed E-state index contributed by atoms with van der Waals surface area (Å²) in [5.74, 6) is -2.36. The van der Waals surface area contributed by atoms with Crippen molar-refractivity contribution in [1.29, 1.82) is 5.26 Å². The number of non-ortho nitro benzene ring substituents is 1. The van der Waals surface area contributed by atoms with Crippen molar-refractivity contribution in [3.8, 4) is 6.07 Å². The van der Waals surface area contributed by atoms with Crippen LogP contribution in [0.5, 0.6) is 0 Å². The van der Waals surface area contributed by atoms with E-state index in [1.54, 1.807) is 6.92 Å². The van der Waals surface area contributed by atoms with Crippen LogP contribution >= 0.6 is 0 Å². The van der Waals surface area contributed by atoms with Gasteiger partial charge in [-0.05, 0) is 44.2 Å². The normalized spacial score (nSPS) is 17.4. The van der Waals surface area contributed by atoms with Gasteiger partial charge in [0, 0.05) is 35.2 Å². The summed E-state index contributed by atoms with van der Waals surface area (Å²) in [6.45, 7) is 3.31. The van der Waals surface area contributed by atoms with E-state index in [2.05, 4.69) is 15.0 Å². The van der Waals surface area contributed by atoms with Crippen molar-refractivity contribution in [2.24, 2.45) is 16.0 Å². The molecule has 0 N–H and O–H groups in total. The molecule has 1 aromatic carbocycles. The molecule has 0 bridgehead atoms. The number of carbonyl (C=O) groups is 2. The van der Waals surface area contributed by atoms with Crippen molar-refractivity contribution in [2.75, 3.05) is 13.2 Å². The van der Waals surface area contributed by atoms with Crippen molar-refractivity contribution in [1.82, 2.24) is 0 Å². The van der Waals surface area contributed by atoms with Crippen molar-refractivity contribution in [2.45, 2.75) is 45.4 Å². The Morgan fingerprint density at radius 3 is 2.61 bits per heavy atom. The molecule has 0 radical (unpaired) electrons. The monoisotopic (exact) mass is 452 g/mol. The summed E-state index contributed by atoms with van der Waals surface area (Å²) < 4.78 is 5.30. The number of hydrogen-bond acceptors (Lipinski definition) is 8. The number of unbranched alkanes of at least 4 members (excludes halogenated alkanes) is 1. The Morgan fingerprint density at radius 2 is 2.03 bits per heavy atom. The highest BCUT2D eigenvalue weighted by atomic mass is 16.6. The molecule has 11 heteroatoms. The number of nitrogens with zero attached hydrogens (tertiary/aromatic N) is 6. The first-order valence-electron chi connectivity index (χ1n) is 10.4. The van der Waals surface area contributed by atoms with Crippen molar-refractivity contribution in [3.63, 3.8) is 0 Å². The zero-order valence-corrected chi connectivity index (χ0v) is 18.4. The molecular weight excluding hydrogens is 428 g/mol. The summed E-state index contributed by atoms with van der Waals surface area (Å²) in [5.41, 5.74) is 10.1. The summed E-state index contributed by atoms with van der Waals surface area (Å²) >= 11 is 0. The maximum Gasteiger partial charge on any atom is 0.336 e. The van der Waals surface area contributed by atoms with Crippen LogP contribution in [0, 0.1) is 27.4 Å². The van der Waals surface area contributed by atoms with Crippen molar-refractivity contribution in [3.05, 3.63) is 61.7 Å². The zero-order chi connectivity index (χ0) is 24.4. The lowest BCUT2D eigenvalue weighted by Crippen LogP contribution is -2.34. The van der Waals surface area contributed by atoms with Crippen LogP contribution in [0.4, 0.5) is 5.69 Å². The van der Waals surface area contributed by atoms with E-state index < -0.39 is 22.7 Å². The fourth-order valence-electron chi connectivity index (χ4n) is 3.84. The Morgan fingerprint density at radius 1 is 1.33 bits per heavy atom. The molecule has 1 aliphatic heterocycles. The number of ether oxygens (including phenoxy) is 1. The lowest BCUT2D eigenvalue weighted by molar-refractivity contribution is -0.384. The highest BCUT2D eigenvalue weighted by Crippen LogP contribution is 2.41. The molecule has 172 valence electrons. The number of benzene rings is 1. The van der Waals surface area contributed by atoms with Gasteiger partial charge in [0.05, 0.1) is 34.6 Å². The van der Waals surface area contributed by atoms with Gasteiger partial charge >= 0.3 is 5.97 Å². The van der Waals surface area contributed by atoms with E-state index in [-0.39, 0.29) is 30.1 Å². The maximum absolute atomic E-state index is 13.1. The molecule has 1 aliphatic rings. The van der Waals surface area contributed by atoms with Crippen LogP contribution in [0.1, 0.15) is 51.0 Å². The first-order chi connectivity index (χ1) is 15.8. The number of allylic oxidation sites excluding steroid dienone is 1. The van der Waals surface area contributed by atoms with Gasteiger partial charge in [-0.3, -0.25) is 19.9 Å². The average molecular weight is 452 g/mol. The predicted octanol–water partition coefficient (Wildman–Crippen LogP) is 4.55. The Hall–Kier alpha value is -4.03. The molecular formula is C22H24N6O5. The van der Waals surface area contributed by atoms with Crippen LogP contribution in [0.25, 0.3) is 10.4 Å². The number of nitriles is 1. The molecule has 0 spiro atoms. The minimum absolute atomic E-state index is 0.0150. The number of Topliss-reactive ketones (excluding diaryl/α,β-unsaturated/α-hetero) is 1. The number of hydrogen-bond donors (Lipinski definition) is 0. The van der Waals surface area contributed by atoms with Crippen LogP contribution in [0.15, 0.2) is 45.6 Å². The third kappa shape index (κ3) is 6.48. The summed E-state index contributed by atoms with van der Waals surface area (Å²) in [5, 5.41) is 23.3. The molecule has 2 atom stereocenters. The van der Waals surface area contributed by atoms with Crippen LogP contribution in [0.3, 0.4) is 0 Å². The fourth-order valence-corrected chi connectivity index (χ4v) is 3.84. The number of esters is 1. The van der Waals surface area contributed by atoms with Gasteiger partial charge in [0.15, 0.2) is 0 Å². The van der Waals surface area contributed by atoms with E-state index >= 15 is 0 Å². The lowest BCUT2D eigenvalue weighted by atomic mass is 9.73. The van der Waals surface area contributed by atoms with E-state index in [0.717, 1.165) is 0 Å². The number of nitro benzene ring substituents is 1. The quantitative estimate of drug-likeness (QED) is 0.0906. The molecule has 2 rings (SSSR count). The number of ketones is 1. The topological polar surface area (TPSA) is 171 Å². The Labute approximate surface area is 190 Å². The van der Waals surface area contributed by atoms with Crippen LogP contribution in [-0.4, -0.2) is 35.5 Å². The van der Waals surface area contributed by atoms with Crippen LogP contribution in [-0.2, 0) is 14.3 Å². The smallest absolute Gasteiger partial charge is 0.336 e. The zero-order valence-electron chi connectivity index (χ0n) is 18.4. The Kier molecular flexibility index (Phi) is 9.27. The van der Waals surface area contributed by atoms with Gasteiger partial charge in [-0.15, -0.1) is 0 Å². The van der Waals surface area contributed by atoms with E-state index in [9.17, 15) is 19.7 Å². The SMILES string of the molecule is CC(=O)C1C(C)=NC(CCCCN=[N+]=[N-])=C(C(=O)OCCC#N)C1c1ccc([N+](=O)[O-])cc1. The molecule has 0 saturated heterocycles. The van der Waals surface area contributed by atoms with Gasteiger partial charge in [-0.25, -0.2) is 4.79 Å². The standard InChI is InChI=1S/C22H24N6O5/c1-14-19(15(2)29)20(16-7-9-17(10-8-16)28(31)32)21(22(30)33-13-5-11-23)18(26-14)6-3-4-12-25-27-24/h7-10,19-20H,3-6,12-13H2,1-2H3. The second-order valence-corrected chi connectivity index (χ2v) is 7.48. The number of rotatable bonds is 11. The van der Waals surface area contributed by atoms with E-state index in [1.807, 2.05) is 6.07 Å². The van der Waals surface area contributed by atoms with Gasteiger partial charge < -0.3 is 4.74 Å². The van der Waals surface area contributed by atoms with Gasteiger partial charge in [0.2, 0.25) is 0 Å². The molecule has 0 aliphatic carbocycles. The first kappa shape index (κ1) is 25.2. The summed E-state index contributed by atoms with van der Waals surface area (Å²) in [6, 6.07) is 7.61. The third-order valence-corrected chi connectivity index (χ3v) is 5.27. The molecule has 0 amide bonds. The Bertz CT molecular complexity index is 1060. The maximum atomic E-state index is 13.1. The van der Waals surface area contributed by atoms with Crippen molar-refractivity contribution >= 4 is 23.2 Å². The number of aliphatic imine (C=N–C) groups is 1. The third-order valence-electron chi connectivity index (χ3n) is 5.27. The number of carbonyl (C=O) groups excluding carboxylic acids is 2. The first-order valence-corrected chi connectivity index (χ1v) is 10.4. The highest BCUT2D eigenvalue weighted by molar-refractivity contribution is 6.08. The van der Waals surface area contributed by atoms with Gasteiger partial charge in [-0.1, -0.05) is 17.2 Å². The summed E-state index contributed by atoms with van der Waals surface area (Å²) in [6.07, 6.45) is 1.56. The molecule has 1 aromatic rings. The minimum Gasteiger partial charge on any atom is -0.461 e. The molecule has 0 fully saturated rings. The highest BCUT2D eigenvalue weighted by Gasteiger charge is 2.40. The van der Waals surface area contributed by atoms with E-state index in [0.29, 0.717) is 42.8 Å². The van der Waals surface area contributed by atoms with Crippen molar-refractivity contribution < 1.29 is 19.2 Å². The second-order valence-electron chi connectivity index (χ2n) is 7.48. The molecule has 1 heterocycles. The second kappa shape index (κ2) is 12.1. The lowest BCUT2D eigenvalue weighted by Gasteiger charge is -2.32. The van der Waals surface area contributed by atoms with E-state index in [4.69, 9.17) is 15.5 Å². The van der Waals surface area contributed by atoms with E-state index in [1.165, 1.54) is 31.2 Å². The summed E-state index contributed by atoms with van der Waals surface area (Å²) in [7, 11) is 0. The predicted molar refractivity (Wildman–Crippen MR) is 119 cm³/mol.